The van der Waals surface area contributed by atoms with Crippen molar-refractivity contribution in [2.24, 2.45) is 5.92 Å². The highest BCUT2D eigenvalue weighted by Gasteiger charge is 2.23. The second-order valence-electron chi connectivity index (χ2n) is 9.96. The van der Waals surface area contributed by atoms with E-state index >= 15 is 0 Å². The third-order valence-electron chi connectivity index (χ3n) is 6.40. The number of halogens is 1. The van der Waals surface area contributed by atoms with E-state index in [1.807, 2.05) is 42.7 Å². The van der Waals surface area contributed by atoms with Crippen molar-refractivity contribution < 1.29 is 18.3 Å². The van der Waals surface area contributed by atoms with Crippen LogP contribution in [0.15, 0.2) is 59.5 Å². The second-order valence-corrected chi connectivity index (χ2v) is 12.0. The maximum atomic E-state index is 13.1. The van der Waals surface area contributed by atoms with Gasteiger partial charge in [-0.05, 0) is 42.2 Å². The fraction of sp³-hybridized carbons (Fsp3) is 0.345. The molecule has 39 heavy (non-hydrogen) atoms. The minimum atomic E-state index is -4.07. The van der Waals surface area contributed by atoms with Crippen molar-refractivity contribution in [3.8, 4) is 11.3 Å². The minimum Gasteiger partial charge on any atom is -0.390 e. The van der Waals surface area contributed by atoms with Gasteiger partial charge in [0.05, 0.1) is 28.4 Å². The van der Waals surface area contributed by atoms with Gasteiger partial charge in [-0.15, -0.1) is 0 Å². The first-order chi connectivity index (χ1) is 18.6. The quantitative estimate of drug-likeness (QED) is 0.247. The first-order valence-electron chi connectivity index (χ1n) is 13.0. The van der Waals surface area contributed by atoms with E-state index in [2.05, 4.69) is 16.6 Å². The molecule has 0 atom stereocenters. The van der Waals surface area contributed by atoms with Crippen LogP contribution in [0.2, 0.25) is 5.15 Å². The number of aryl methyl sites for hydroxylation is 1. The Morgan fingerprint density at radius 1 is 1.10 bits per heavy atom. The van der Waals surface area contributed by atoms with Crippen LogP contribution in [0.3, 0.4) is 0 Å². The molecule has 8 nitrogen and oxygen atoms in total. The lowest BCUT2D eigenvalue weighted by atomic mass is 10.1. The van der Waals surface area contributed by atoms with Crippen LogP contribution in [-0.2, 0) is 34.4 Å². The molecule has 0 radical (unpaired) electrons. The van der Waals surface area contributed by atoms with Gasteiger partial charge in [0.25, 0.3) is 10.0 Å². The number of aromatic nitrogens is 3. The standard InChI is InChI=1S/C29H33ClN4O4S/c1-4-5-10-27-32-29(30)25(18-35)34(27)17-20-11-13-23-21(16-20)12-14-24(31-23)22-8-6-7-9-26(22)39(37,38)33-28(36)15-19(2)3/h6-9,11-14,16,19,35H,4-5,10,15,17-18H2,1-3H3,(H,33,36). The predicted molar refractivity (Wildman–Crippen MR) is 153 cm³/mol. The number of fused-ring (bicyclic) bond motifs is 1. The summed E-state index contributed by atoms with van der Waals surface area (Å²) in [7, 11) is -4.07. The van der Waals surface area contributed by atoms with Crippen LogP contribution >= 0.6 is 11.6 Å². The summed E-state index contributed by atoms with van der Waals surface area (Å²) in [6, 6.07) is 16.0. The largest absolute Gasteiger partial charge is 0.390 e. The first kappa shape index (κ1) is 28.7. The van der Waals surface area contributed by atoms with Gasteiger partial charge < -0.3 is 9.67 Å². The Bertz CT molecular complexity index is 1600. The third kappa shape index (κ3) is 6.66. The lowest BCUT2D eigenvalue weighted by Gasteiger charge is -2.13. The SMILES string of the molecule is CCCCc1nc(Cl)c(CO)n1Cc1ccc2nc(-c3ccccc3S(=O)(=O)NC(=O)CC(C)C)ccc2c1. The molecule has 10 heteroatoms. The van der Waals surface area contributed by atoms with Crippen molar-refractivity contribution in [3.05, 3.63) is 76.8 Å². The monoisotopic (exact) mass is 568 g/mol. The molecule has 4 aromatic rings. The topological polar surface area (TPSA) is 114 Å². The van der Waals surface area contributed by atoms with Crippen LogP contribution in [0.25, 0.3) is 22.2 Å². The number of aliphatic hydroxyl groups is 1. The molecule has 206 valence electrons. The summed E-state index contributed by atoms with van der Waals surface area (Å²) in [6.07, 6.45) is 2.89. The lowest BCUT2D eigenvalue weighted by Crippen LogP contribution is -2.31. The minimum absolute atomic E-state index is 0.00120. The molecule has 0 saturated carbocycles. The Morgan fingerprint density at radius 2 is 1.87 bits per heavy atom. The Morgan fingerprint density at radius 3 is 2.59 bits per heavy atom. The van der Waals surface area contributed by atoms with Crippen LogP contribution in [0.4, 0.5) is 0 Å². The fourth-order valence-corrected chi connectivity index (χ4v) is 5.98. The molecule has 0 aliphatic heterocycles. The average molecular weight is 569 g/mol. The maximum absolute atomic E-state index is 13.1. The molecular weight excluding hydrogens is 536 g/mol. The van der Waals surface area contributed by atoms with Crippen molar-refractivity contribution in [1.82, 2.24) is 19.3 Å². The number of imidazole rings is 1. The highest BCUT2D eigenvalue weighted by atomic mass is 35.5. The van der Waals surface area contributed by atoms with Crippen molar-refractivity contribution in [2.75, 3.05) is 0 Å². The number of carbonyl (C=O) groups excluding carboxylic acids is 1. The Hall–Kier alpha value is -3.27. The number of pyridine rings is 1. The van der Waals surface area contributed by atoms with E-state index in [0.29, 0.717) is 34.2 Å². The summed E-state index contributed by atoms with van der Waals surface area (Å²) in [4.78, 5) is 21.4. The zero-order valence-electron chi connectivity index (χ0n) is 22.3. The summed E-state index contributed by atoms with van der Waals surface area (Å²) in [5.41, 5.74) is 3.18. The van der Waals surface area contributed by atoms with Crippen LogP contribution in [-0.4, -0.2) is 34.0 Å². The number of benzene rings is 2. The summed E-state index contributed by atoms with van der Waals surface area (Å²) in [6.45, 7) is 6.13. The van der Waals surface area contributed by atoms with Gasteiger partial charge in [0, 0.05) is 30.3 Å². The van der Waals surface area contributed by atoms with Gasteiger partial charge in [0.2, 0.25) is 5.91 Å². The van der Waals surface area contributed by atoms with E-state index in [0.717, 1.165) is 36.0 Å². The Kier molecular flexibility index (Phi) is 9.04. The molecule has 0 spiro atoms. The van der Waals surface area contributed by atoms with E-state index in [1.165, 1.54) is 6.07 Å². The number of nitrogens with one attached hydrogen (secondary N) is 1. The van der Waals surface area contributed by atoms with E-state index < -0.39 is 15.9 Å². The number of carbonyl (C=O) groups is 1. The van der Waals surface area contributed by atoms with E-state index in [-0.39, 0.29) is 23.8 Å². The van der Waals surface area contributed by atoms with Crippen LogP contribution in [0.1, 0.15) is 57.1 Å². The summed E-state index contributed by atoms with van der Waals surface area (Å²) in [5.74, 6) is 0.337. The number of aliphatic hydroxyl groups excluding tert-OH is 1. The number of nitrogens with zero attached hydrogens (tertiary/aromatic N) is 3. The van der Waals surface area contributed by atoms with Gasteiger partial charge in [0.15, 0.2) is 5.15 Å². The first-order valence-corrected chi connectivity index (χ1v) is 14.9. The van der Waals surface area contributed by atoms with E-state index in [1.54, 1.807) is 24.3 Å². The molecule has 0 fully saturated rings. The number of hydrogen-bond acceptors (Lipinski definition) is 6. The molecule has 0 unspecified atom stereocenters. The molecule has 0 aliphatic rings. The molecule has 0 bridgehead atoms. The van der Waals surface area contributed by atoms with E-state index in [9.17, 15) is 18.3 Å². The number of hydrogen-bond donors (Lipinski definition) is 2. The molecule has 0 saturated heterocycles. The zero-order chi connectivity index (χ0) is 28.2. The molecular formula is C29H33ClN4O4S. The number of rotatable bonds is 11. The molecule has 4 rings (SSSR count). The molecule has 2 aromatic heterocycles. The molecule has 0 aliphatic carbocycles. The molecule has 2 heterocycles. The highest BCUT2D eigenvalue weighted by molar-refractivity contribution is 7.90. The number of amides is 1. The number of sulfonamides is 1. The summed E-state index contributed by atoms with van der Waals surface area (Å²) >= 11 is 6.29. The van der Waals surface area contributed by atoms with Crippen LogP contribution in [0.5, 0.6) is 0 Å². The number of unbranched alkanes of at least 4 members (excludes halogenated alkanes) is 1. The van der Waals surface area contributed by atoms with Gasteiger partial charge in [0.1, 0.15) is 5.82 Å². The zero-order valence-corrected chi connectivity index (χ0v) is 23.9. The van der Waals surface area contributed by atoms with Crippen LogP contribution in [0, 0.1) is 5.92 Å². The maximum Gasteiger partial charge on any atom is 0.264 e. The van der Waals surface area contributed by atoms with Gasteiger partial charge >= 0.3 is 0 Å². The van der Waals surface area contributed by atoms with Crippen molar-refractivity contribution in [1.29, 1.82) is 0 Å². The fourth-order valence-electron chi connectivity index (χ4n) is 4.50. The van der Waals surface area contributed by atoms with Crippen molar-refractivity contribution >= 4 is 38.4 Å². The second kappa shape index (κ2) is 12.3. The normalized spacial score (nSPS) is 11.8. The third-order valence-corrected chi connectivity index (χ3v) is 8.13. The lowest BCUT2D eigenvalue weighted by molar-refractivity contribution is -0.120. The van der Waals surface area contributed by atoms with Gasteiger partial charge in [-0.2, -0.15) is 0 Å². The predicted octanol–water partition coefficient (Wildman–Crippen LogP) is 5.49. The smallest absolute Gasteiger partial charge is 0.264 e. The van der Waals surface area contributed by atoms with Crippen molar-refractivity contribution in [2.45, 2.75) is 64.5 Å². The van der Waals surface area contributed by atoms with Gasteiger partial charge in [-0.1, -0.05) is 69.1 Å². The summed E-state index contributed by atoms with van der Waals surface area (Å²) < 4.78 is 30.3. The summed E-state index contributed by atoms with van der Waals surface area (Å²) in [5, 5.41) is 11.1. The van der Waals surface area contributed by atoms with Crippen LogP contribution < -0.4 is 4.72 Å². The Balaban J connectivity index is 1.65. The van der Waals surface area contributed by atoms with Gasteiger partial charge in [-0.3, -0.25) is 4.79 Å². The average Bonchev–Trinajstić information content (AvgIpc) is 3.19. The molecule has 2 N–H and O–H groups in total. The molecule has 2 aromatic carbocycles. The highest BCUT2D eigenvalue weighted by Crippen LogP contribution is 2.28. The Labute approximate surface area is 234 Å². The van der Waals surface area contributed by atoms with Gasteiger partial charge in [-0.25, -0.2) is 23.1 Å². The van der Waals surface area contributed by atoms with E-state index in [4.69, 9.17) is 16.6 Å². The molecule has 1 amide bonds. The van der Waals surface area contributed by atoms with Crippen molar-refractivity contribution in [3.63, 3.8) is 0 Å².